The fourth-order valence-corrected chi connectivity index (χ4v) is 2.37. The Morgan fingerprint density at radius 1 is 1.18 bits per heavy atom. The van der Waals surface area contributed by atoms with Crippen molar-refractivity contribution in [2.45, 2.75) is 22.9 Å². The van der Waals surface area contributed by atoms with Crippen molar-refractivity contribution in [1.29, 1.82) is 0 Å². The average molecular weight is 363 g/mol. The zero-order valence-electron chi connectivity index (χ0n) is 11.6. The first-order chi connectivity index (χ1) is 10.4. The summed E-state index contributed by atoms with van der Waals surface area (Å²) < 4.78 is 3.60. The number of benzene rings is 1. The lowest BCUT2D eigenvalue weighted by atomic mass is 10.1. The van der Waals surface area contributed by atoms with Gasteiger partial charge in [0, 0.05) is 0 Å². The summed E-state index contributed by atoms with van der Waals surface area (Å²) in [5.74, 6) is 0.523. The van der Waals surface area contributed by atoms with E-state index in [2.05, 4.69) is 5.32 Å². The van der Waals surface area contributed by atoms with Gasteiger partial charge < -0.3 is 15.1 Å². The molecule has 0 saturated heterocycles. The standard InChI is InChI=1S/C15H15Cl3N2O2/c16-15(17,18)14(19-10-12-7-4-8-22-12)20-13(21)9-11-5-2-1-3-6-11/h1-8,14,19H,9-10H2,(H,20,21)/p+1/t14-/m1/s1. The molecule has 0 saturated carbocycles. The van der Waals surface area contributed by atoms with Crippen molar-refractivity contribution in [3.8, 4) is 0 Å². The van der Waals surface area contributed by atoms with Gasteiger partial charge in [0.2, 0.25) is 12.1 Å². The number of carbonyl (C=O) groups excluding carboxylic acids is 1. The Bertz CT molecular complexity index is 583. The molecular formula is C15H16Cl3N2O2+. The average Bonchev–Trinajstić information content (AvgIpc) is 2.96. The summed E-state index contributed by atoms with van der Waals surface area (Å²) in [6.45, 7) is 0.456. The van der Waals surface area contributed by atoms with E-state index in [0.717, 1.165) is 11.3 Å². The van der Waals surface area contributed by atoms with E-state index in [-0.39, 0.29) is 12.3 Å². The van der Waals surface area contributed by atoms with Crippen LogP contribution >= 0.6 is 34.8 Å². The number of furan rings is 1. The van der Waals surface area contributed by atoms with Crippen LogP contribution in [0.5, 0.6) is 0 Å². The second kappa shape index (κ2) is 7.88. The highest BCUT2D eigenvalue weighted by atomic mass is 35.6. The van der Waals surface area contributed by atoms with E-state index in [4.69, 9.17) is 39.2 Å². The third kappa shape index (κ3) is 5.54. The molecule has 1 heterocycles. The van der Waals surface area contributed by atoms with E-state index in [9.17, 15) is 4.79 Å². The molecule has 4 nitrogen and oxygen atoms in total. The first kappa shape index (κ1) is 17.2. The number of rotatable bonds is 6. The molecule has 0 bridgehead atoms. The summed E-state index contributed by atoms with van der Waals surface area (Å²) in [6, 6.07) is 13.0. The first-order valence-electron chi connectivity index (χ1n) is 6.71. The summed E-state index contributed by atoms with van der Waals surface area (Å²) in [6.07, 6.45) is 1.09. The number of halogens is 3. The van der Waals surface area contributed by atoms with Gasteiger partial charge in [-0.1, -0.05) is 65.1 Å². The van der Waals surface area contributed by atoms with Crippen molar-refractivity contribution in [1.82, 2.24) is 5.32 Å². The van der Waals surface area contributed by atoms with Crippen LogP contribution in [0.15, 0.2) is 53.1 Å². The van der Waals surface area contributed by atoms with Crippen molar-refractivity contribution >= 4 is 40.7 Å². The molecule has 118 valence electrons. The van der Waals surface area contributed by atoms with Gasteiger partial charge in [0.15, 0.2) is 5.76 Å². The fourth-order valence-electron chi connectivity index (χ4n) is 1.94. The minimum Gasteiger partial charge on any atom is -0.463 e. The number of hydrogen-bond acceptors (Lipinski definition) is 2. The highest BCUT2D eigenvalue weighted by molar-refractivity contribution is 6.68. The van der Waals surface area contributed by atoms with Crippen LogP contribution in [0.3, 0.4) is 0 Å². The second-order valence-electron chi connectivity index (χ2n) is 4.77. The monoisotopic (exact) mass is 361 g/mol. The minimum absolute atomic E-state index is 0.210. The maximum absolute atomic E-state index is 12.1. The Hall–Kier alpha value is -1.20. The molecule has 0 fully saturated rings. The van der Waals surface area contributed by atoms with Crippen LogP contribution in [-0.2, 0) is 17.8 Å². The molecule has 0 aliphatic carbocycles. The molecule has 1 amide bonds. The van der Waals surface area contributed by atoms with E-state index < -0.39 is 9.96 Å². The normalized spacial score (nSPS) is 12.9. The molecular weight excluding hydrogens is 347 g/mol. The largest absolute Gasteiger partial charge is 0.463 e. The van der Waals surface area contributed by atoms with Gasteiger partial charge in [0.05, 0.1) is 12.7 Å². The van der Waals surface area contributed by atoms with Gasteiger partial charge in [-0.3, -0.25) is 4.79 Å². The Morgan fingerprint density at radius 3 is 2.50 bits per heavy atom. The third-order valence-electron chi connectivity index (χ3n) is 3.01. The van der Waals surface area contributed by atoms with Crippen molar-refractivity contribution in [3.63, 3.8) is 0 Å². The van der Waals surface area contributed by atoms with Gasteiger partial charge in [-0.2, -0.15) is 0 Å². The summed E-state index contributed by atoms with van der Waals surface area (Å²) in [5, 5.41) is 4.45. The molecule has 0 aliphatic rings. The Morgan fingerprint density at radius 2 is 1.91 bits per heavy atom. The highest BCUT2D eigenvalue weighted by Crippen LogP contribution is 2.27. The predicted octanol–water partition coefficient (Wildman–Crippen LogP) is 2.40. The van der Waals surface area contributed by atoms with Crippen LogP contribution in [0.1, 0.15) is 11.3 Å². The van der Waals surface area contributed by atoms with Crippen LogP contribution in [0, 0.1) is 0 Å². The molecule has 22 heavy (non-hydrogen) atoms. The topological polar surface area (TPSA) is 58.9 Å². The summed E-state index contributed by atoms with van der Waals surface area (Å²) in [4.78, 5) is 12.1. The molecule has 0 radical (unpaired) electrons. The van der Waals surface area contributed by atoms with Gasteiger partial charge in [0.1, 0.15) is 6.54 Å². The molecule has 0 unspecified atom stereocenters. The quantitative estimate of drug-likeness (QED) is 0.612. The molecule has 3 N–H and O–H groups in total. The lowest BCUT2D eigenvalue weighted by molar-refractivity contribution is -0.708. The lowest BCUT2D eigenvalue weighted by Gasteiger charge is -2.23. The van der Waals surface area contributed by atoms with Gasteiger partial charge in [0.25, 0.3) is 3.79 Å². The maximum atomic E-state index is 12.1. The highest BCUT2D eigenvalue weighted by Gasteiger charge is 2.37. The van der Waals surface area contributed by atoms with E-state index in [1.54, 1.807) is 17.6 Å². The molecule has 2 rings (SSSR count). The van der Waals surface area contributed by atoms with Gasteiger partial charge >= 0.3 is 0 Å². The molecule has 1 aromatic heterocycles. The van der Waals surface area contributed by atoms with Crippen LogP contribution in [0.4, 0.5) is 0 Å². The SMILES string of the molecule is O=C(Cc1ccccc1)N[C@@H]([NH2+]Cc1ccco1)C(Cl)(Cl)Cl. The summed E-state index contributed by atoms with van der Waals surface area (Å²) in [7, 11) is 0. The molecule has 0 spiro atoms. The number of quaternary nitrogens is 1. The molecule has 1 atom stereocenters. The number of alkyl halides is 3. The number of nitrogens with one attached hydrogen (secondary N) is 1. The number of amides is 1. The second-order valence-corrected chi connectivity index (χ2v) is 7.14. The van der Waals surface area contributed by atoms with Crippen molar-refractivity contribution in [3.05, 3.63) is 60.1 Å². The Labute approximate surface area is 143 Å². The van der Waals surface area contributed by atoms with Gasteiger partial charge in [-0.25, -0.2) is 0 Å². The van der Waals surface area contributed by atoms with E-state index in [1.165, 1.54) is 0 Å². The Balaban J connectivity index is 1.93. The van der Waals surface area contributed by atoms with Crippen LogP contribution in [-0.4, -0.2) is 15.9 Å². The van der Waals surface area contributed by atoms with Crippen LogP contribution in [0.2, 0.25) is 0 Å². The predicted molar refractivity (Wildman–Crippen MR) is 86.7 cm³/mol. The summed E-state index contributed by atoms with van der Waals surface area (Å²) in [5.41, 5.74) is 0.897. The van der Waals surface area contributed by atoms with Crippen LogP contribution < -0.4 is 10.6 Å². The van der Waals surface area contributed by atoms with Gasteiger partial charge in [-0.05, 0) is 17.7 Å². The number of hydrogen-bond donors (Lipinski definition) is 2. The van der Waals surface area contributed by atoms with Crippen molar-refractivity contribution in [2.75, 3.05) is 0 Å². The lowest BCUT2D eigenvalue weighted by Crippen LogP contribution is -2.95. The third-order valence-corrected chi connectivity index (χ3v) is 3.72. The maximum Gasteiger partial charge on any atom is 0.262 e. The van der Waals surface area contributed by atoms with Crippen molar-refractivity contribution < 1.29 is 14.5 Å². The molecule has 7 heteroatoms. The number of carbonyl (C=O) groups is 1. The fraction of sp³-hybridized carbons (Fsp3) is 0.267. The Kier molecular flexibility index (Phi) is 6.15. The van der Waals surface area contributed by atoms with Crippen LogP contribution in [0.25, 0.3) is 0 Å². The zero-order chi connectivity index (χ0) is 16.0. The molecule has 1 aromatic carbocycles. The van der Waals surface area contributed by atoms with E-state index in [0.29, 0.717) is 6.54 Å². The van der Waals surface area contributed by atoms with Crippen molar-refractivity contribution in [2.24, 2.45) is 0 Å². The molecule has 0 aliphatic heterocycles. The zero-order valence-corrected chi connectivity index (χ0v) is 13.9. The van der Waals surface area contributed by atoms with E-state index in [1.807, 2.05) is 36.4 Å². The summed E-state index contributed by atoms with van der Waals surface area (Å²) >= 11 is 17.8. The van der Waals surface area contributed by atoms with E-state index >= 15 is 0 Å². The number of nitrogens with two attached hydrogens (primary N) is 1. The smallest absolute Gasteiger partial charge is 0.262 e. The minimum atomic E-state index is -1.63. The van der Waals surface area contributed by atoms with Gasteiger partial charge in [-0.15, -0.1) is 0 Å². The molecule has 2 aromatic rings. The first-order valence-corrected chi connectivity index (χ1v) is 7.84.